The van der Waals surface area contributed by atoms with Crippen molar-refractivity contribution in [2.24, 2.45) is 0 Å². The molecule has 0 fully saturated rings. The molecule has 0 saturated heterocycles. The van der Waals surface area contributed by atoms with Crippen LogP contribution in [0.4, 0.5) is 5.69 Å². The van der Waals surface area contributed by atoms with E-state index in [1.54, 1.807) is 43.3 Å². The second-order valence-corrected chi connectivity index (χ2v) is 13.6. The highest BCUT2D eigenvalue weighted by atomic mass is 35.5. The SMILES string of the molecule is CCC(C)NC(=O)C(Cc1ccccc1)N(Cc1cccc(C)c1)C(=O)CN(c1cc(Cl)ccc1C)S(=O)(=O)c1ccccc1. The molecule has 4 aromatic rings. The van der Waals surface area contributed by atoms with Gasteiger partial charge in [0.1, 0.15) is 12.6 Å². The molecule has 0 aliphatic heterocycles. The van der Waals surface area contributed by atoms with Crippen molar-refractivity contribution in [2.45, 2.75) is 64.1 Å². The molecule has 0 aromatic heterocycles. The van der Waals surface area contributed by atoms with E-state index in [4.69, 9.17) is 11.6 Å². The third-order valence-corrected chi connectivity index (χ3v) is 9.77. The summed E-state index contributed by atoms with van der Waals surface area (Å²) in [5.41, 5.74) is 3.63. The molecule has 0 aliphatic rings. The number of amides is 2. The molecular formula is C36H40ClN3O4S. The Hall–Kier alpha value is -4.14. The molecule has 7 nitrogen and oxygen atoms in total. The number of benzene rings is 4. The summed E-state index contributed by atoms with van der Waals surface area (Å²) in [5.74, 6) is -0.818. The minimum Gasteiger partial charge on any atom is -0.352 e. The molecule has 2 amide bonds. The van der Waals surface area contributed by atoms with E-state index in [2.05, 4.69) is 5.32 Å². The zero-order valence-electron chi connectivity index (χ0n) is 26.1. The van der Waals surface area contributed by atoms with Crippen LogP contribution in [0.3, 0.4) is 0 Å². The quantitative estimate of drug-likeness (QED) is 0.175. The van der Waals surface area contributed by atoms with Crippen molar-refractivity contribution in [2.75, 3.05) is 10.8 Å². The minimum atomic E-state index is -4.20. The van der Waals surface area contributed by atoms with Crippen molar-refractivity contribution >= 4 is 39.1 Å². The lowest BCUT2D eigenvalue weighted by molar-refractivity contribution is -0.140. The van der Waals surface area contributed by atoms with Gasteiger partial charge in [-0.25, -0.2) is 8.42 Å². The number of anilines is 1. The molecule has 2 unspecified atom stereocenters. The number of nitrogens with zero attached hydrogens (tertiary/aromatic N) is 2. The second-order valence-electron chi connectivity index (χ2n) is 11.3. The fourth-order valence-electron chi connectivity index (χ4n) is 5.09. The van der Waals surface area contributed by atoms with Crippen LogP contribution in [0.1, 0.15) is 42.5 Å². The summed E-state index contributed by atoms with van der Waals surface area (Å²) in [5, 5.41) is 3.39. The normalized spacial score (nSPS) is 12.6. The minimum absolute atomic E-state index is 0.0396. The Morgan fingerprint density at radius 1 is 0.844 bits per heavy atom. The van der Waals surface area contributed by atoms with Gasteiger partial charge in [-0.05, 0) is 68.1 Å². The molecule has 0 spiro atoms. The van der Waals surface area contributed by atoms with Crippen molar-refractivity contribution < 1.29 is 18.0 Å². The van der Waals surface area contributed by atoms with E-state index in [0.29, 0.717) is 22.7 Å². The van der Waals surface area contributed by atoms with Crippen molar-refractivity contribution in [1.29, 1.82) is 0 Å². The summed E-state index contributed by atoms with van der Waals surface area (Å²) in [4.78, 5) is 30.1. The Morgan fingerprint density at radius 3 is 2.13 bits per heavy atom. The largest absolute Gasteiger partial charge is 0.352 e. The predicted octanol–water partition coefficient (Wildman–Crippen LogP) is 6.71. The standard InChI is InChI=1S/C36H40ClN3O4S/c1-5-28(4)38-36(42)34(22-29-14-8-6-9-15-29)39(24-30-16-12-13-26(2)21-30)35(41)25-40(33-23-31(37)20-19-27(33)3)45(43,44)32-17-10-7-11-18-32/h6-21,23,28,34H,5,22,24-25H2,1-4H3,(H,38,42). The lowest BCUT2D eigenvalue weighted by atomic mass is 10.0. The maximum absolute atomic E-state index is 14.6. The van der Waals surface area contributed by atoms with Crippen LogP contribution in [0, 0.1) is 13.8 Å². The average molecular weight is 646 g/mol. The molecule has 45 heavy (non-hydrogen) atoms. The number of hydrogen-bond donors (Lipinski definition) is 1. The van der Waals surface area contributed by atoms with E-state index in [-0.39, 0.29) is 29.8 Å². The molecule has 0 aliphatic carbocycles. The highest BCUT2D eigenvalue weighted by Gasteiger charge is 2.35. The fourth-order valence-corrected chi connectivity index (χ4v) is 6.74. The number of sulfonamides is 1. The summed E-state index contributed by atoms with van der Waals surface area (Å²) in [6, 6.07) is 29.2. The smallest absolute Gasteiger partial charge is 0.264 e. The van der Waals surface area contributed by atoms with Gasteiger partial charge in [0.05, 0.1) is 10.6 Å². The molecule has 236 valence electrons. The van der Waals surface area contributed by atoms with Gasteiger partial charge in [0.2, 0.25) is 11.8 Å². The van der Waals surface area contributed by atoms with Crippen LogP contribution in [0.2, 0.25) is 5.02 Å². The lowest BCUT2D eigenvalue weighted by Gasteiger charge is -2.34. The van der Waals surface area contributed by atoms with E-state index in [1.165, 1.54) is 17.0 Å². The molecule has 9 heteroatoms. The van der Waals surface area contributed by atoms with Crippen LogP contribution >= 0.6 is 11.6 Å². The van der Waals surface area contributed by atoms with Crippen LogP contribution in [-0.2, 0) is 32.6 Å². The molecule has 0 radical (unpaired) electrons. The van der Waals surface area contributed by atoms with Gasteiger partial charge in [-0.1, -0.05) is 103 Å². The van der Waals surface area contributed by atoms with Crippen molar-refractivity contribution in [3.63, 3.8) is 0 Å². The Balaban J connectivity index is 1.83. The van der Waals surface area contributed by atoms with Gasteiger partial charge in [0.25, 0.3) is 10.0 Å². The van der Waals surface area contributed by atoms with E-state index in [0.717, 1.165) is 21.0 Å². The molecule has 0 bridgehead atoms. The number of nitrogens with one attached hydrogen (secondary N) is 1. The number of halogens is 1. The third kappa shape index (κ3) is 8.74. The highest BCUT2D eigenvalue weighted by molar-refractivity contribution is 7.92. The number of carbonyl (C=O) groups is 2. The van der Waals surface area contributed by atoms with Crippen LogP contribution in [0.25, 0.3) is 0 Å². The highest BCUT2D eigenvalue weighted by Crippen LogP contribution is 2.30. The number of rotatable bonds is 13. The third-order valence-electron chi connectivity index (χ3n) is 7.76. The fraction of sp³-hybridized carbons (Fsp3) is 0.278. The van der Waals surface area contributed by atoms with E-state index in [9.17, 15) is 18.0 Å². The summed E-state index contributed by atoms with van der Waals surface area (Å²) < 4.78 is 29.4. The monoisotopic (exact) mass is 645 g/mol. The molecule has 4 rings (SSSR count). The first kappa shape index (κ1) is 33.7. The van der Waals surface area contributed by atoms with Gasteiger partial charge in [0, 0.05) is 24.0 Å². The molecule has 4 aromatic carbocycles. The molecular weight excluding hydrogens is 606 g/mol. The summed E-state index contributed by atoms with van der Waals surface area (Å²) in [7, 11) is -4.20. The first-order chi connectivity index (χ1) is 21.5. The van der Waals surface area contributed by atoms with Crippen molar-refractivity contribution in [1.82, 2.24) is 10.2 Å². The van der Waals surface area contributed by atoms with Crippen LogP contribution < -0.4 is 9.62 Å². The van der Waals surface area contributed by atoms with Gasteiger partial charge in [-0.15, -0.1) is 0 Å². The number of hydrogen-bond acceptors (Lipinski definition) is 4. The van der Waals surface area contributed by atoms with E-state index >= 15 is 0 Å². The average Bonchev–Trinajstić information content (AvgIpc) is 3.03. The summed E-state index contributed by atoms with van der Waals surface area (Å²) in [6.07, 6.45) is 0.967. The first-order valence-electron chi connectivity index (χ1n) is 15.0. The zero-order valence-corrected chi connectivity index (χ0v) is 27.7. The zero-order chi connectivity index (χ0) is 32.6. The summed E-state index contributed by atoms with van der Waals surface area (Å²) in [6.45, 7) is 7.20. The molecule has 0 heterocycles. The van der Waals surface area contributed by atoms with Gasteiger partial charge < -0.3 is 10.2 Å². The predicted molar refractivity (Wildman–Crippen MR) is 181 cm³/mol. The summed E-state index contributed by atoms with van der Waals surface area (Å²) >= 11 is 6.35. The number of carbonyl (C=O) groups excluding carboxylic acids is 2. The Morgan fingerprint density at radius 2 is 1.49 bits per heavy atom. The Kier molecular flexibility index (Phi) is 11.4. The van der Waals surface area contributed by atoms with Crippen LogP contribution in [0.5, 0.6) is 0 Å². The number of aryl methyl sites for hydroxylation is 2. The maximum Gasteiger partial charge on any atom is 0.264 e. The van der Waals surface area contributed by atoms with Gasteiger partial charge in [-0.3, -0.25) is 13.9 Å². The van der Waals surface area contributed by atoms with E-state index < -0.39 is 28.5 Å². The Bertz CT molecular complexity index is 1720. The maximum atomic E-state index is 14.6. The van der Waals surface area contributed by atoms with Crippen LogP contribution in [0.15, 0.2) is 108 Å². The Labute approximate surface area is 271 Å². The second kappa shape index (κ2) is 15.2. The molecule has 1 N–H and O–H groups in total. The van der Waals surface area contributed by atoms with Gasteiger partial charge in [-0.2, -0.15) is 0 Å². The van der Waals surface area contributed by atoms with Crippen LogP contribution in [-0.4, -0.2) is 43.8 Å². The first-order valence-corrected chi connectivity index (χ1v) is 16.8. The molecule has 2 atom stereocenters. The molecule has 0 saturated carbocycles. The van der Waals surface area contributed by atoms with Crippen molar-refractivity contribution in [3.05, 3.63) is 130 Å². The topological polar surface area (TPSA) is 86.8 Å². The van der Waals surface area contributed by atoms with Gasteiger partial charge >= 0.3 is 0 Å². The lowest BCUT2D eigenvalue weighted by Crippen LogP contribution is -2.54. The van der Waals surface area contributed by atoms with Crippen molar-refractivity contribution in [3.8, 4) is 0 Å². The van der Waals surface area contributed by atoms with Gasteiger partial charge in [0.15, 0.2) is 0 Å². The van der Waals surface area contributed by atoms with E-state index in [1.807, 2.05) is 75.4 Å².